The summed E-state index contributed by atoms with van der Waals surface area (Å²) in [5.41, 5.74) is 1.62. The van der Waals surface area contributed by atoms with Crippen LogP contribution in [0.4, 0.5) is 0 Å². The van der Waals surface area contributed by atoms with Gasteiger partial charge in [0.25, 0.3) is 0 Å². The molecule has 0 aliphatic carbocycles. The maximum atomic E-state index is 8.91. The van der Waals surface area contributed by atoms with Gasteiger partial charge < -0.3 is 5.32 Å². The average Bonchev–Trinajstić information content (AvgIpc) is 2.96. The van der Waals surface area contributed by atoms with Gasteiger partial charge in [0.2, 0.25) is 0 Å². The molecule has 2 rings (SSSR count). The molecule has 0 saturated heterocycles. The van der Waals surface area contributed by atoms with Crippen molar-refractivity contribution in [3.05, 3.63) is 34.8 Å². The molecule has 0 radical (unpaired) electrons. The van der Waals surface area contributed by atoms with E-state index in [0.717, 1.165) is 47.9 Å². The van der Waals surface area contributed by atoms with Crippen LogP contribution in [0.5, 0.6) is 0 Å². The Bertz CT molecular complexity index is 586. The molecule has 1 N–H and O–H groups in total. The number of aromatic nitrogens is 2. The van der Waals surface area contributed by atoms with E-state index in [-0.39, 0.29) is 0 Å². The molecule has 1 aromatic heterocycles. The number of hydrogen-bond acceptors (Lipinski definition) is 5. The summed E-state index contributed by atoms with van der Waals surface area (Å²) < 4.78 is 0. The minimum absolute atomic E-state index is 0.656. The number of nitrogens with zero attached hydrogens (tertiary/aromatic N) is 3. The Morgan fingerprint density at radius 2 is 2.20 bits per heavy atom. The van der Waals surface area contributed by atoms with Crippen LogP contribution in [-0.2, 0) is 6.42 Å². The molecule has 4 nitrogen and oxygen atoms in total. The molecule has 2 aromatic rings. The monoisotopic (exact) mass is 286 g/mol. The van der Waals surface area contributed by atoms with Crippen molar-refractivity contribution in [3.8, 4) is 16.6 Å². The molecule has 0 aliphatic rings. The molecule has 5 heteroatoms. The molecule has 0 unspecified atom stereocenters. The summed E-state index contributed by atoms with van der Waals surface area (Å²) in [6, 6.07) is 9.64. The summed E-state index contributed by atoms with van der Waals surface area (Å²) in [7, 11) is 0. The summed E-state index contributed by atoms with van der Waals surface area (Å²) in [6.07, 6.45) is 3.19. The summed E-state index contributed by atoms with van der Waals surface area (Å²) in [5.74, 6) is 0. The second kappa shape index (κ2) is 7.73. The van der Waals surface area contributed by atoms with Gasteiger partial charge in [-0.1, -0.05) is 30.4 Å². The van der Waals surface area contributed by atoms with Crippen LogP contribution in [0.2, 0.25) is 0 Å². The van der Waals surface area contributed by atoms with Gasteiger partial charge in [0.05, 0.1) is 11.6 Å². The fourth-order valence-electron chi connectivity index (χ4n) is 1.86. The topological polar surface area (TPSA) is 61.6 Å². The maximum Gasteiger partial charge on any atom is 0.147 e. The van der Waals surface area contributed by atoms with Crippen molar-refractivity contribution in [1.29, 1.82) is 5.26 Å². The standard InChI is InChI=1S/C15H18N4S/c1-2-8-17-9-4-7-14-18-19-15(20-14)13-6-3-5-12(10-13)11-16/h3,5-6,10,17H,2,4,7-9H2,1H3. The smallest absolute Gasteiger partial charge is 0.147 e. The van der Waals surface area contributed by atoms with Crippen LogP contribution in [0.25, 0.3) is 10.6 Å². The van der Waals surface area contributed by atoms with Crippen LogP contribution >= 0.6 is 11.3 Å². The van der Waals surface area contributed by atoms with E-state index in [2.05, 4.69) is 28.5 Å². The molecule has 0 amide bonds. The number of nitriles is 1. The number of nitrogens with one attached hydrogen (secondary N) is 1. The Morgan fingerprint density at radius 1 is 1.30 bits per heavy atom. The molecular weight excluding hydrogens is 268 g/mol. The van der Waals surface area contributed by atoms with Gasteiger partial charge in [-0.25, -0.2) is 0 Å². The van der Waals surface area contributed by atoms with Gasteiger partial charge in [0.15, 0.2) is 0 Å². The van der Waals surface area contributed by atoms with E-state index in [9.17, 15) is 0 Å². The Kier molecular flexibility index (Phi) is 5.66. The van der Waals surface area contributed by atoms with Gasteiger partial charge in [0, 0.05) is 12.0 Å². The Hall–Kier alpha value is -1.77. The van der Waals surface area contributed by atoms with Gasteiger partial charge in [-0.05, 0) is 38.1 Å². The fraction of sp³-hybridized carbons (Fsp3) is 0.400. The predicted molar refractivity (Wildman–Crippen MR) is 81.5 cm³/mol. The van der Waals surface area contributed by atoms with Crippen LogP contribution < -0.4 is 5.32 Å². The van der Waals surface area contributed by atoms with Gasteiger partial charge in [-0.15, -0.1) is 10.2 Å². The fourth-order valence-corrected chi connectivity index (χ4v) is 2.74. The first kappa shape index (κ1) is 14.6. The molecule has 104 valence electrons. The maximum absolute atomic E-state index is 8.91. The lowest BCUT2D eigenvalue weighted by Gasteiger charge is -2.00. The van der Waals surface area contributed by atoms with Crippen LogP contribution in [0, 0.1) is 11.3 Å². The molecule has 0 fully saturated rings. The molecule has 0 atom stereocenters. The van der Waals surface area contributed by atoms with Crippen molar-refractivity contribution in [3.63, 3.8) is 0 Å². The van der Waals surface area contributed by atoms with Crippen molar-refractivity contribution in [2.24, 2.45) is 0 Å². The molecule has 1 aromatic carbocycles. The second-order valence-corrected chi connectivity index (χ2v) is 5.61. The minimum Gasteiger partial charge on any atom is -0.317 e. The molecule has 0 bridgehead atoms. The second-order valence-electron chi connectivity index (χ2n) is 4.55. The van der Waals surface area contributed by atoms with E-state index >= 15 is 0 Å². The summed E-state index contributed by atoms with van der Waals surface area (Å²) >= 11 is 1.61. The van der Waals surface area contributed by atoms with Crippen LogP contribution in [0.15, 0.2) is 24.3 Å². The zero-order valence-corrected chi connectivity index (χ0v) is 12.4. The molecule has 0 spiro atoms. The van der Waals surface area contributed by atoms with Gasteiger partial charge >= 0.3 is 0 Å². The van der Waals surface area contributed by atoms with E-state index in [1.54, 1.807) is 17.4 Å². The van der Waals surface area contributed by atoms with Gasteiger partial charge in [-0.2, -0.15) is 5.26 Å². The van der Waals surface area contributed by atoms with Crippen molar-refractivity contribution in [2.45, 2.75) is 26.2 Å². The highest BCUT2D eigenvalue weighted by Gasteiger charge is 2.07. The third-order valence-corrected chi connectivity index (χ3v) is 3.91. The zero-order chi connectivity index (χ0) is 14.2. The van der Waals surface area contributed by atoms with E-state index in [1.165, 1.54) is 0 Å². The largest absolute Gasteiger partial charge is 0.317 e. The van der Waals surface area contributed by atoms with Crippen molar-refractivity contribution in [1.82, 2.24) is 15.5 Å². The lowest BCUT2D eigenvalue weighted by Crippen LogP contribution is -2.16. The number of aryl methyl sites for hydroxylation is 1. The summed E-state index contributed by atoms with van der Waals surface area (Å²) in [6.45, 7) is 4.26. The SMILES string of the molecule is CCCNCCCc1nnc(-c2cccc(C#N)c2)s1. The van der Waals surface area contributed by atoms with E-state index in [4.69, 9.17) is 5.26 Å². The zero-order valence-electron chi connectivity index (χ0n) is 11.6. The summed E-state index contributed by atoms with van der Waals surface area (Å²) in [4.78, 5) is 0. The van der Waals surface area contributed by atoms with Crippen molar-refractivity contribution < 1.29 is 0 Å². The predicted octanol–water partition coefficient (Wildman–Crippen LogP) is 3.01. The first-order chi connectivity index (χ1) is 9.83. The Balaban J connectivity index is 1.93. The van der Waals surface area contributed by atoms with Crippen molar-refractivity contribution >= 4 is 11.3 Å². The number of hydrogen-bond donors (Lipinski definition) is 1. The highest BCUT2D eigenvalue weighted by molar-refractivity contribution is 7.14. The summed E-state index contributed by atoms with van der Waals surface area (Å²) in [5, 5.41) is 22.7. The Morgan fingerprint density at radius 3 is 3.00 bits per heavy atom. The van der Waals surface area contributed by atoms with Gasteiger partial charge in [0.1, 0.15) is 10.0 Å². The number of benzene rings is 1. The average molecular weight is 286 g/mol. The van der Waals surface area contributed by atoms with E-state index in [0.29, 0.717) is 5.56 Å². The normalized spacial score (nSPS) is 10.4. The quantitative estimate of drug-likeness (QED) is 0.795. The highest BCUT2D eigenvalue weighted by Crippen LogP contribution is 2.24. The lowest BCUT2D eigenvalue weighted by atomic mass is 10.1. The molecule has 20 heavy (non-hydrogen) atoms. The Labute approximate surface area is 123 Å². The lowest BCUT2D eigenvalue weighted by molar-refractivity contribution is 0.637. The van der Waals surface area contributed by atoms with E-state index in [1.807, 2.05) is 18.2 Å². The first-order valence-electron chi connectivity index (χ1n) is 6.87. The minimum atomic E-state index is 0.656. The third kappa shape index (κ3) is 4.12. The molecule has 0 aliphatic heterocycles. The van der Waals surface area contributed by atoms with Crippen LogP contribution in [0.3, 0.4) is 0 Å². The van der Waals surface area contributed by atoms with Crippen molar-refractivity contribution in [2.75, 3.05) is 13.1 Å². The van der Waals surface area contributed by atoms with Crippen LogP contribution in [-0.4, -0.2) is 23.3 Å². The third-order valence-electron chi connectivity index (χ3n) is 2.88. The van der Waals surface area contributed by atoms with Gasteiger partial charge in [-0.3, -0.25) is 0 Å². The number of rotatable bonds is 7. The first-order valence-corrected chi connectivity index (χ1v) is 7.68. The molecule has 0 saturated carbocycles. The molecular formula is C15H18N4S. The molecule has 1 heterocycles. The highest BCUT2D eigenvalue weighted by atomic mass is 32.1. The van der Waals surface area contributed by atoms with E-state index < -0.39 is 0 Å². The van der Waals surface area contributed by atoms with Crippen LogP contribution in [0.1, 0.15) is 30.3 Å².